The Hall–Kier alpha value is -0.200. The Kier molecular flexibility index (Phi) is 7.25. The molecule has 1 heterocycles. The van der Waals surface area contributed by atoms with Gasteiger partial charge in [0.1, 0.15) is 5.82 Å². The van der Waals surface area contributed by atoms with E-state index >= 15 is 0 Å². The maximum absolute atomic E-state index is 14.0. The van der Waals surface area contributed by atoms with Crippen molar-refractivity contribution in [2.75, 3.05) is 32.8 Å². The van der Waals surface area contributed by atoms with E-state index in [1.165, 1.54) is 6.07 Å². The Balaban J connectivity index is 0.00000180. The highest BCUT2D eigenvalue weighted by Gasteiger charge is 2.24. The van der Waals surface area contributed by atoms with Crippen molar-refractivity contribution in [1.82, 2.24) is 10.2 Å². The molecule has 0 spiro atoms. The second-order valence-corrected chi connectivity index (χ2v) is 5.40. The molecular weight excluding hydrogens is 335 g/mol. The highest BCUT2D eigenvalue weighted by atomic mass is 79.9. The largest absolute Gasteiger partial charge is 0.396 e. The second-order valence-electron chi connectivity index (χ2n) is 4.48. The Morgan fingerprint density at radius 3 is 2.63 bits per heavy atom. The standard InChI is InChI=1S/C13H18BrFN2O.ClH/c14-10-1-2-11(12(15)9-10)13(3-8-18)17-6-4-16-5-7-17;/h1-2,9,13,16,18H,3-8H2;1H/t13-;/m1./s1. The van der Waals surface area contributed by atoms with Crippen molar-refractivity contribution >= 4 is 28.3 Å². The molecule has 2 N–H and O–H groups in total. The maximum Gasteiger partial charge on any atom is 0.129 e. The van der Waals surface area contributed by atoms with Crippen LogP contribution < -0.4 is 5.32 Å². The van der Waals surface area contributed by atoms with Gasteiger partial charge in [-0.3, -0.25) is 4.90 Å². The molecule has 1 aromatic rings. The summed E-state index contributed by atoms with van der Waals surface area (Å²) in [4.78, 5) is 2.24. The van der Waals surface area contributed by atoms with Gasteiger partial charge in [0, 0.05) is 48.9 Å². The third-order valence-electron chi connectivity index (χ3n) is 3.32. The zero-order valence-corrected chi connectivity index (χ0v) is 13.0. The molecule has 0 bridgehead atoms. The first-order chi connectivity index (χ1) is 8.72. The molecule has 3 nitrogen and oxygen atoms in total. The van der Waals surface area contributed by atoms with E-state index < -0.39 is 0 Å². The minimum Gasteiger partial charge on any atom is -0.396 e. The monoisotopic (exact) mass is 352 g/mol. The van der Waals surface area contributed by atoms with Crippen molar-refractivity contribution in [1.29, 1.82) is 0 Å². The smallest absolute Gasteiger partial charge is 0.129 e. The first kappa shape index (κ1) is 16.9. The summed E-state index contributed by atoms with van der Waals surface area (Å²) in [6.45, 7) is 3.69. The van der Waals surface area contributed by atoms with Crippen molar-refractivity contribution < 1.29 is 9.50 Å². The van der Waals surface area contributed by atoms with Gasteiger partial charge in [0.25, 0.3) is 0 Å². The van der Waals surface area contributed by atoms with Gasteiger partial charge in [-0.25, -0.2) is 4.39 Å². The van der Waals surface area contributed by atoms with E-state index in [2.05, 4.69) is 26.1 Å². The fourth-order valence-electron chi connectivity index (χ4n) is 2.42. The highest BCUT2D eigenvalue weighted by Crippen LogP contribution is 2.28. The lowest BCUT2D eigenvalue weighted by Crippen LogP contribution is -2.45. The highest BCUT2D eigenvalue weighted by molar-refractivity contribution is 9.10. The van der Waals surface area contributed by atoms with Gasteiger partial charge in [0.05, 0.1) is 0 Å². The molecule has 0 unspecified atom stereocenters. The summed E-state index contributed by atoms with van der Waals surface area (Å²) in [6.07, 6.45) is 0.568. The molecule has 108 valence electrons. The average molecular weight is 354 g/mol. The number of halogens is 3. The lowest BCUT2D eigenvalue weighted by atomic mass is 10.0. The van der Waals surface area contributed by atoms with Crippen LogP contribution in [0, 0.1) is 5.82 Å². The maximum atomic E-state index is 14.0. The van der Waals surface area contributed by atoms with E-state index in [-0.39, 0.29) is 30.9 Å². The molecule has 6 heteroatoms. The molecule has 1 fully saturated rings. The molecule has 0 amide bonds. The fraction of sp³-hybridized carbons (Fsp3) is 0.538. The van der Waals surface area contributed by atoms with E-state index in [1.54, 1.807) is 0 Å². The molecule has 0 aliphatic carbocycles. The molecule has 19 heavy (non-hydrogen) atoms. The zero-order chi connectivity index (χ0) is 13.0. The van der Waals surface area contributed by atoms with Gasteiger partial charge in [-0.1, -0.05) is 22.0 Å². The van der Waals surface area contributed by atoms with Crippen LogP contribution in [0.15, 0.2) is 22.7 Å². The van der Waals surface area contributed by atoms with Crippen molar-refractivity contribution in [3.05, 3.63) is 34.1 Å². The van der Waals surface area contributed by atoms with Gasteiger partial charge in [-0.15, -0.1) is 12.4 Å². The van der Waals surface area contributed by atoms with Crippen LogP contribution in [-0.2, 0) is 0 Å². The van der Waals surface area contributed by atoms with Crippen molar-refractivity contribution in [2.24, 2.45) is 0 Å². The number of piperazine rings is 1. The lowest BCUT2D eigenvalue weighted by molar-refractivity contribution is 0.138. The molecule has 0 aromatic heterocycles. The first-order valence-electron chi connectivity index (χ1n) is 6.23. The van der Waals surface area contributed by atoms with Crippen LogP contribution in [0.25, 0.3) is 0 Å². The topological polar surface area (TPSA) is 35.5 Å². The van der Waals surface area contributed by atoms with E-state index in [4.69, 9.17) is 0 Å². The number of aliphatic hydroxyl groups excluding tert-OH is 1. The summed E-state index contributed by atoms with van der Waals surface area (Å²) in [5.41, 5.74) is 0.675. The van der Waals surface area contributed by atoms with Gasteiger partial charge in [-0.2, -0.15) is 0 Å². The fourth-order valence-corrected chi connectivity index (χ4v) is 2.76. The molecule has 1 saturated heterocycles. The Morgan fingerprint density at radius 2 is 2.05 bits per heavy atom. The van der Waals surface area contributed by atoms with Crippen molar-refractivity contribution in [3.8, 4) is 0 Å². The van der Waals surface area contributed by atoms with E-state index in [1.807, 2.05) is 12.1 Å². The average Bonchev–Trinajstić information content (AvgIpc) is 2.38. The predicted molar refractivity (Wildman–Crippen MR) is 80.2 cm³/mol. The van der Waals surface area contributed by atoms with Crippen LogP contribution in [0.4, 0.5) is 4.39 Å². The van der Waals surface area contributed by atoms with Crippen molar-refractivity contribution in [2.45, 2.75) is 12.5 Å². The quantitative estimate of drug-likeness (QED) is 0.872. The molecular formula is C13H19BrClFN2O. The summed E-state index contributed by atoms with van der Waals surface area (Å²) in [5, 5.41) is 12.5. The Bertz CT molecular complexity index is 402. The predicted octanol–water partition coefficient (Wildman–Crippen LogP) is 2.34. The normalized spacial score (nSPS) is 17.8. The van der Waals surface area contributed by atoms with E-state index in [0.717, 1.165) is 30.7 Å². The molecule has 2 rings (SSSR count). The summed E-state index contributed by atoms with van der Waals surface area (Å²) >= 11 is 3.27. The number of rotatable bonds is 4. The zero-order valence-electron chi connectivity index (χ0n) is 10.6. The summed E-state index contributed by atoms with van der Waals surface area (Å²) in [5.74, 6) is -0.207. The minimum absolute atomic E-state index is 0. The van der Waals surface area contributed by atoms with Gasteiger partial charge >= 0.3 is 0 Å². The third-order valence-corrected chi connectivity index (χ3v) is 3.81. The lowest BCUT2D eigenvalue weighted by Gasteiger charge is -2.35. The van der Waals surface area contributed by atoms with Crippen molar-refractivity contribution in [3.63, 3.8) is 0 Å². The van der Waals surface area contributed by atoms with Crippen LogP contribution in [-0.4, -0.2) is 42.8 Å². The number of nitrogens with one attached hydrogen (secondary N) is 1. The van der Waals surface area contributed by atoms with Crippen LogP contribution in [0.2, 0.25) is 0 Å². The van der Waals surface area contributed by atoms with Crippen LogP contribution >= 0.6 is 28.3 Å². The van der Waals surface area contributed by atoms with E-state index in [0.29, 0.717) is 12.0 Å². The van der Waals surface area contributed by atoms with Gasteiger partial charge in [-0.05, 0) is 18.6 Å². The number of nitrogens with zero attached hydrogens (tertiary/aromatic N) is 1. The van der Waals surface area contributed by atoms with Gasteiger partial charge < -0.3 is 10.4 Å². The van der Waals surface area contributed by atoms with Crippen LogP contribution in [0.3, 0.4) is 0 Å². The van der Waals surface area contributed by atoms with Gasteiger partial charge in [0.2, 0.25) is 0 Å². The van der Waals surface area contributed by atoms with E-state index in [9.17, 15) is 9.50 Å². The molecule has 0 saturated carbocycles. The minimum atomic E-state index is -0.207. The molecule has 1 aliphatic heterocycles. The number of hydrogen-bond acceptors (Lipinski definition) is 3. The first-order valence-corrected chi connectivity index (χ1v) is 7.02. The molecule has 1 atom stereocenters. The molecule has 1 aliphatic rings. The molecule has 0 radical (unpaired) electrons. The number of hydrogen-bond donors (Lipinski definition) is 2. The summed E-state index contributed by atoms with van der Waals surface area (Å²) in [6, 6.07) is 5.11. The summed E-state index contributed by atoms with van der Waals surface area (Å²) < 4.78 is 14.8. The van der Waals surface area contributed by atoms with Crippen LogP contribution in [0.1, 0.15) is 18.0 Å². The SMILES string of the molecule is Cl.OCC[C@H](c1ccc(Br)cc1F)N1CCNCC1. The Morgan fingerprint density at radius 1 is 1.37 bits per heavy atom. The van der Waals surface area contributed by atoms with Crippen LogP contribution in [0.5, 0.6) is 0 Å². The summed E-state index contributed by atoms with van der Waals surface area (Å²) in [7, 11) is 0. The number of benzene rings is 1. The molecule has 1 aromatic carbocycles. The Labute approximate surface area is 127 Å². The third kappa shape index (κ3) is 4.39. The van der Waals surface area contributed by atoms with Gasteiger partial charge in [0.15, 0.2) is 0 Å². The second kappa shape index (κ2) is 8.17. The number of aliphatic hydroxyl groups is 1.